The number of likely N-dealkylation sites (tertiary alicyclic amines) is 1. The van der Waals surface area contributed by atoms with Gasteiger partial charge >= 0.3 is 0 Å². The van der Waals surface area contributed by atoms with Crippen molar-refractivity contribution in [2.45, 2.75) is 6.42 Å². The minimum Gasteiger partial charge on any atom is -0.381 e. The Morgan fingerprint density at radius 3 is 2.90 bits per heavy atom. The van der Waals surface area contributed by atoms with E-state index in [0.717, 1.165) is 25.0 Å². The predicted molar refractivity (Wildman–Crippen MR) is 39.9 cm³/mol. The van der Waals surface area contributed by atoms with Crippen molar-refractivity contribution in [2.75, 3.05) is 33.4 Å². The number of rotatable bonds is 0. The fraction of sp³-hybridized carbons (Fsp3) is 1.00. The van der Waals surface area contributed by atoms with Crippen molar-refractivity contribution in [3.8, 4) is 0 Å². The van der Waals surface area contributed by atoms with Gasteiger partial charge in [-0.25, -0.2) is 0 Å². The third-order valence-corrected chi connectivity index (χ3v) is 2.72. The van der Waals surface area contributed by atoms with Gasteiger partial charge in [-0.15, -0.1) is 0 Å². The summed E-state index contributed by atoms with van der Waals surface area (Å²) in [6, 6.07) is 0. The molecule has 2 saturated heterocycles. The van der Waals surface area contributed by atoms with Crippen LogP contribution < -0.4 is 0 Å². The number of ether oxygens (including phenoxy) is 1. The van der Waals surface area contributed by atoms with Crippen LogP contribution in [0.2, 0.25) is 0 Å². The normalized spacial score (nSPS) is 41.7. The van der Waals surface area contributed by atoms with Crippen molar-refractivity contribution in [2.24, 2.45) is 11.8 Å². The van der Waals surface area contributed by atoms with Gasteiger partial charge in [0.15, 0.2) is 0 Å². The molecule has 2 aliphatic rings. The van der Waals surface area contributed by atoms with Gasteiger partial charge in [-0.05, 0) is 25.3 Å². The molecule has 0 aliphatic carbocycles. The molecular weight excluding hydrogens is 126 g/mol. The monoisotopic (exact) mass is 141 g/mol. The highest BCUT2D eigenvalue weighted by molar-refractivity contribution is 4.84. The summed E-state index contributed by atoms with van der Waals surface area (Å²) in [5, 5.41) is 0. The largest absolute Gasteiger partial charge is 0.381 e. The maximum atomic E-state index is 5.41. The molecule has 0 radical (unpaired) electrons. The quantitative estimate of drug-likeness (QED) is 0.489. The van der Waals surface area contributed by atoms with Gasteiger partial charge in [0.2, 0.25) is 0 Å². The Bertz CT molecular complexity index is 112. The Balaban J connectivity index is 1.97. The topological polar surface area (TPSA) is 12.5 Å². The fourth-order valence-electron chi connectivity index (χ4n) is 2.16. The molecule has 0 N–H and O–H groups in total. The molecule has 0 aromatic carbocycles. The third-order valence-electron chi connectivity index (χ3n) is 2.72. The second-order valence-electron chi connectivity index (χ2n) is 3.60. The summed E-state index contributed by atoms with van der Waals surface area (Å²) in [6.07, 6.45) is 1.29. The van der Waals surface area contributed by atoms with E-state index in [2.05, 4.69) is 11.9 Å². The summed E-state index contributed by atoms with van der Waals surface area (Å²) in [5.41, 5.74) is 0. The van der Waals surface area contributed by atoms with Crippen molar-refractivity contribution < 1.29 is 4.74 Å². The van der Waals surface area contributed by atoms with Crippen LogP contribution in [0, 0.1) is 11.8 Å². The van der Waals surface area contributed by atoms with Gasteiger partial charge in [0, 0.05) is 19.7 Å². The van der Waals surface area contributed by atoms with Crippen LogP contribution in [0.3, 0.4) is 0 Å². The maximum Gasteiger partial charge on any atom is 0.0509 e. The van der Waals surface area contributed by atoms with E-state index in [1.165, 1.54) is 19.5 Å². The van der Waals surface area contributed by atoms with Gasteiger partial charge in [-0.2, -0.15) is 0 Å². The molecule has 2 heteroatoms. The standard InChI is InChI=1S/C8H15NO/c1-9-4-7-2-3-10-6-8(7)5-9/h7-8H,2-6H2,1H3. The van der Waals surface area contributed by atoms with E-state index in [0.29, 0.717) is 0 Å². The Labute approximate surface area is 62.2 Å². The van der Waals surface area contributed by atoms with Crippen LogP contribution in [0.1, 0.15) is 6.42 Å². The van der Waals surface area contributed by atoms with Crippen LogP contribution in [0.4, 0.5) is 0 Å². The van der Waals surface area contributed by atoms with Crippen LogP contribution in [0.15, 0.2) is 0 Å². The first-order valence-corrected chi connectivity index (χ1v) is 4.12. The first-order chi connectivity index (χ1) is 4.86. The summed E-state index contributed by atoms with van der Waals surface area (Å²) in [4.78, 5) is 2.42. The van der Waals surface area contributed by atoms with Crippen LogP contribution in [0.5, 0.6) is 0 Å². The lowest BCUT2D eigenvalue weighted by atomic mass is 9.92. The van der Waals surface area contributed by atoms with Crippen LogP contribution in [0.25, 0.3) is 0 Å². The molecule has 0 bridgehead atoms. The van der Waals surface area contributed by atoms with E-state index in [-0.39, 0.29) is 0 Å². The van der Waals surface area contributed by atoms with E-state index in [4.69, 9.17) is 4.74 Å². The van der Waals surface area contributed by atoms with E-state index >= 15 is 0 Å². The molecule has 2 heterocycles. The predicted octanol–water partition coefficient (Wildman–Crippen LogP) is 0.585. The van der Waals surface area contributed by atoms with Crippen molar-refractivity contribution in [1.82, 2.24) is 4.90 Å². The van der Waals surface area contributed by atoms with Crippen molar-refractivity contribution in [3.63, 3.8) is 0 Å². The van der Waals surface area contributed by atoms with E-state index in [9.17, 15) is 0 Å². The minimum atomic E-state index is 0.846. The zero-order valence-corrected chi connectivity index (χ0v) is 6.55. The maximum absolute atomic E-state index is 5.41. The molecule has 2 nitrogen and oxygen atoms in total. The second-order valence-corrected chi connectivity index (χ2v) is 3.60. The summed E-state index contributed by atoms with van der Waals surface area (Å²) in [6.45, 7) is 4.56. The Kier molecular flexibility index (Phi) is 1.66. The van der Waals surface area contributed by atoms with Gasteiger partial charge in [-0.1, -0.05) is 0 Å². The molecule has 0 aromatic rings. The second kappa shape index (κ2) is 2.51. The lowest BCUT2D eigenvalue weighted by Gasteiger charge is -2.23. The molecular formula is C8H15NO. The Morgan fingerprint density at radius 1 is 1.30 bits per heavy atom. The van der Waals surface area contributed by atoms with Gasteiger partial charge in [0.1, 0.15) is 0 Å². The Morgan fingerprint density at radius 2 is 2.10 bits per heavy atom. The number of nitrogens with zero attached hydrogens (tertiary/aromatic N) is 1. The van der Waals surface area contributed by atoms with Gasteiger partial charge in [0.05, 0.1) is 6.61 Å². The zero-order valence-electron chi connectivity index (χ0n) is 6.55. The molecule has 0 spiro atoms. The van der Waals surface area contributed by atoms with Gasteiger partial charge in [-0.3, -0.25) is 0 Å². The van der Waals surface area contributed by atoms with E-state index in [1.807, 2.05) is 0 Å². The minimum absolute atomic E-state index is 0.846. The molecule has 2 unspecified atom stereocenters. The first kappa shape index (κ1) is 6.62. The molecule has 2 aliphatic heterocycles. The molecule has 0 aromatic heterocycles. The first-order valence-electron chi connectivity index (χ1n) is 4.12. The highest BCUT2D eigenvalue weighted by Crippen LogP contribution is 2.28. The van der Waals surface area contributed by atoms with Crippen LogP contribution in [-0.2, 0) is 4.74 Å². The summed E-state index contributed by atoms with van der Waals surface area (Å²) in [5.74, 6) is 1.79. The molecule has 58 valence electrons. The van der Waals surface area contributed by atoms with Crippen molar-refractivity contribution >= 4 is 0 Å². The van der Waals surface area contributed by atoms with Crippen LogP contribution >= 0.6 is 0 Å². The smallest absolute Gasteiger partial charge is 0.0509 e. The summed E-state index contributed by atoms with van der Waals surface area (Å²) in [7, 11) is 2.21. The average Bonchev–Trinajstić information content (AvgIpc) is 2.27. The molecule has 2 fully saturated rings. The number of hydrogen-bond donors (Lipinski definition) is 0. The fourth-order valence-corrected chi connectivity index (χ4v) is 2.16. The number of hydrogen-bond acceptors (Lipinski definition) is 2. The molecule has 10 heavy (non-hydrogen) atoms. The Hall–Kier alpha value is -0.0800. The van der Waals surface area contributed by atoms with Crippen molar-refractivity contribution in [3.05, 3.63) is 0 Å². The average molecular weight is 141 g/mol. The molecule has 2 rings (SSSR count). The lowest BCUT2D eigenvalue weighted by molar-refractivity contribution is 0.0371. The summed E-state index contributed by atoms with van der Waals surface area (Å²) < 4.78 is 5.41. The van der Waals surface area contributed by atoms with E-state index in [1.54, 1.807) is 0 Å². The van der Waals surface area contributed by atoms with Gasteiger partial charge < -0.3 is 9.64 Å². The highest BCUT2D eigenvalue weighted by atomic mass is 16.5. The lowest BCUT2D eigenvalue weighted by Crippen LogP contribution is -2.25. The van der Waals surface area contributed by atoms with Gasteiger partial charge in [0.25, 0.3) is 0 Å². The molecule has 0 amide bonds. The molecule has 0 saturated carbocycles. The SMILES string of the molecule is CN1CC2CCOCC2C1. The zero-order chi connectivity index (χ0) is 6.97. The summed E-state index contributed by atoms with van der Waals surface area (Å²) >= 11 is 0. The third kappa shape index (κ3) is 1.06. The van der Waals surface area contributed by atoms with Crippen LogP contribution in [-0.4, -0.2) is 38.3 Å². The molecule has 2 atom stereocenters. The van der Waals surface area contributed by atoms with E-state index < -0.39 is 0 Å². The number of fused-ring (bicyclic) bond motifs is 1. The van der Waals surface area contributed by atoms with Crippen molar-refractivity contribution in [1.29, 1.82) is 0 Å². The highest BCUT2D eigenvalue weighted by Gasteiger charge is 2.32.